The molecule has 6 heteroatoms. The lowest BCUT2D eigenvalue weighted by molar-refractivity contribution is -0.122. The number of hydrogen-bond donors (Lipinski definition) is 2. The molecular formula is C13H15N3O3. The Labute approximate surface area is 109 Å². The molecule has 1 atom stereocenters. The maximum absolute atomic E-state index is 11.7. The highest BCUT2D eigenvalue weighted by molar-refractivity contribution is 5.81. The lowest BCUT2D eigenvalue weighted by atomic mass is 10.2. The topological polar surface area (TPSA) is 84.2 Å². The second-order valence-electron chi connectivity index (χ2n) is 4.33. The van der Waals surface area contributed by atoms with Crippen molar-refractivity contribution in [3.05, 3.63) is 40.7 Å². The molecule has 0 radical (unpaired) electrons. The van der Waals surface area contributed by atoms with E-state index in [1.807, 2.05) is 0 Å². The zero-order valence-electron chi connectivity index (χ0n) is 10.5. The first-order chi connectivity index (χ1) is 9.11. The Hall–Kier alpha value is -2.21. The van der Waals surface area contributed by atoms with Gasteiger partial charge in [-0.3, -0.25) is 14.3 Å². The number of carbonyl (C=O) groups is 1. The molecule has 2 N–H and O–H groups in total. The van der Waals surface area contributed by atoms with Crippen LogP contribution in [0.1, 0.15) is 6.92 Å². The zero-order chi connectivity index (χ0) is 13.8. The monoisotopic (exact) mass is 261 g/mol. The molecule has 1 amide bonds. The Morgan fingerprint density at radius 2 is 2.21 bits per heavy atom. The van der Waals surface area contributed by atoms with Crippen molar-refractivity contribution in [2.75, 3.05) is 6.61 Å². The molecule has 6 nitrogen and oxygen atoms in total. The number of rotatable bonds is 4. The van der Waals surface area contributed by atoms with Crippen molar-refractivity contribution in [1.29, 1.82) is 0 Å². The Morgan fingerprint density at radius 3 is 2.95 bits per heavy atom. The smallest absolute Gasteiger partial charge is 0.242 e. The van der Waals surface area contributed by atoms with Crippen molar-refractivity contribution in [2.24, 2.45) is 0 Å². The molecule has 0 saturated carbocycles. The third kappa shape index (κ3) is 2.97. The van der Waals surface area contributed by atoms with E-state index >= 15 is 0 Å². The van der Waals surface area contributed by atoms with Gasteiger partial charge in [-0.1, -0.05) is 12.1 Å². The molecule has 1 heterocycles. The minimum atomic E-state index is -0.307. The summed E-state index contributed by atoms with van der Waals surface area (Å²) < 4.78 is 1.47. The molecule has 1 aromatic carbocycles. The van der Waals surface area contributed by atoms with Crippen LogP contribution in [0.2, 0.25) is 0 Å². The highest BCUT2D eigenvalue weighted by Crippen LogP contribution is 2.07. The van der Waals surface area contributed by atoms with Gasteiger partial charge in [0, 0.05) is 11.4 Å². The summed E-state index contributed by atoms with van der Waals surface area (Å²) in [6.45, 7) is 1.59. The highest BCUT2D eigenvalue weighted by Gasteiger charge is 2.09. The lowest BCUT2D eigenvalue weighted by Gasteiger charge is -2.12. The van der Waals surface area contributed by atoms with Crippen LogP contribution in [0.15, 0.2) is 35.3 Å². The van der Waals surface area contributed by atoms with Gasteiger partial charge in [0.1, 0.15) is 6.54 Å². The van der Waals surface area contributed by atoms with Crippen LogP contribution in [0.5, 0.6) is 0 Å². The van der Waals surface area contributed by atoms with Gasteiger partial charge in [-0.05, 0) is 19.1 Å². The fraction of sp³-hybridized carbons (Fsp3) is 0.308. The van der Waals surface area contributed by atoms with Crippen LogP contribution in [0.25, 0.3) is 10.9 Å². The highest BCUT2D eigenvalue weighted by atomic mass is 16.3. The molecule has 0 aliphatic rings. The van der Waals surface area contributed by atoms with E-state index in [-0.39, 0.29) is 30.5 Å². The third-order valence-electron chi connectivity index (χ3n) is 2.74. The average molecular weight is 261 g/mol. The lowest BCUT2D eigenvalue weighted by Crippen LogP contribution is -2.37. The van der Waals surface area contributed by atoms with Gasteiger partial charge in [0.15, 0.2) is 0 Å². The van der Waals surface area contributed by atoms with E-state index in [1.54, 1.807) is 31.2 Å². The Morgan fingerprint density at radius 1 is 1.47 bits per heavy atom. The van der Waals surface area contributed by atoms with Crippen molar-refractivity contribution >= 4 is 16.8 Å². The molecule has 0 aliphatic carbocycles. The average Bonchev–Trinajstić information content (AvgIpc) is 2.42. The molecule has 1 unspecified atom stereocenters. The molecule has 2 rings (SSSR count). The number of amides is 1. The number of benzene rings is 1. The predicted octanol–water partition coefficient (Wildman–Crippen LogP) is -0.106. The molecular weight excluding hydrogens is 246 g/mol. The molecule has 100 valence electrons. The number of aromatic nitrogens is 2. The van der Waals surface area contributed by atoms with Crippen LogP contribution in [0.3, 0.4) is 0 Å². The first kappa shape index (κ1) is 13.2. The summed E-state index contributed by atoms with van der Waals surface area (Å²) in [7, 11) is 0. The van der Waals surface area contributed by atoms with E-state index in [4.69, 9.17) is 5.11 Å². The van der Waals surface area contributed by atoms with E-state index in [1.165, 1.54) is 10.9 Å². The van der Waals surface area contributed by atoms with Gasteiger partial charge in [0.2, 0.25) is 11.3 Å². The summed E-state index contributed by atoms with van der Waals surface area (Å²) >= 11 is 0. The minimum absolute atomic E-state index is 0.00509. The fourth-order valence-corrected chi connectivity index (χ4v) is 1.79. The Kier molecular flexibility index (Phi) is 3.91. The molecule has 0 spiro atoms. The maximum atomic E-state index is 11.7. The Bertz CT molecular complexity index is 651. The fourth-order valence-electron chi connectivity index (χ4n) is 1.79. The van der Waals surface area contributed by atoms with Crippen molar-refractivity contribution in [3.8, 4) is 0 Å². The summed E-state index contributed by atoms with van der Waals surface area (Å²) in [6, 6.07) is 6.69. The number of nitrogens with zero attached hydrogens (tertiary/aromatic N) is 2. The molecule has 0 bridgehead atoms. The van der Waals surface area contributed by atoms with Crippen molar-refractivity contribution in [3.63, 3.8) is 0 Å². The summed E-state index contributed by atoms with van der Waals surface area (Å²) in [5.74, 6) is -0.261. The Balaban J connectivity index is 2.29. The predicted molar refractivity (Wildman–Crippen MR) is 70.7 cm³/mol. The van der Waals surface area contributed by atoms with Crippen LogP contribution in [-0.4, -0.2) is 33.4 Å². The third-order valence-corrected chi connectivity index (χ3v) is 2.74. The van der Waals surface area contributed by atoms with Gasteiger partial charge in [0.25, 0.3) is 0 Å². The molecule has 0 saturated heterocycles. The molecule has 0 aliphatic heterocycles. The van der Waals surface area contributed by atoms with Gasteiger partial charge in [-0.25, -0.2) is 0 Å². The number of fused-ring (bicyclic) bond motifs is 1. The summed E-state index contributed by atoms with van der Waals surface area (Å²) in [4.78, 5) is 23.4. The van der Waals surface area contributed by atoms with Crippen molar-refractivity contribution in [1.82, 2.24) is 15.1 Å². The van der Waals surface area contributed by atoms with E-state index in [0.29, 0.717) is 10.9 Å². The van der Waals surface area contributed by atoms with Gasteiger partial charge >= 0.3 is 0 Å². The zero-order valence-corrected chi connectivity index (χ0v) is 10.5. The normalized spacial score (nSPS) is 12.3. The minimum Gasteiger partial charge on any atom is -0.394 e. The van der Waals surface area contributed by atoms with Gasteiger partial charge < -0.3 is 10.4 Å². The van der Waals surface area contributed by atoms with Crippen molar-refractivity contribution in [2.45, 2.75) is 19.5 Å². The standard InChI is InChI=1S/C13H15N3O3/c1-9(8-17)15-13(19)7-16-11-5-3-2-4-10(11)12(18)6-14-16/h2-6,9,17H,7-8H2,1H3,(H,15,19). The summed E-state index contributed by atoms with van der Waals surface area (Å²) in [6.07, 6.45) is 1.20. The first-order valence-corrected chi connectivity index (χ1v) is 5.97. The van der Waals surface area contributed by atoms with Crippen LogP contribution >= 0.6 is 0 Å². The van der Waals surface area contributed by atoms with Gasteiger partial charge in [-0.2, -0.15) is 5.10 Å². The molecule has 0 fully saturated rings. The molecule has 1 aromatic heterocycles. The SMILES string of the molecule is CC(CO)NC(=O)Cn1ncc(=O)c2ccccc21. The van der Waals surface area contributed by atoms with Gasteiger partial charge in [0.05, 0.1) is 18.3 Å². The van der Waals surface area contributed by atoms with E-state index < -0.39 is 0 Å². The first-order valence-electron chi connectivity index (χ1n) is 5.97. The quantitative estimate of drug-likeness (QED) is 0.804. The second kappa shape index (κ2) is 5.62. The molecule has 19 heavy (non-hydrogen) atoms. The summed E-state index contributed by atoms with van der Waals surface area (Å²) in [5, 5.41) is 16.0. The largest absolute Gasteiger partial charge is 0.394 e. The van der Waals surface area contributed by atoms with Crippen molar-refractivity contribution < 1.29 is 9.90 Å². The summed E-state index contributed by atoms with van der Waals surface area (Å²) in [5.41, 5.74) is 0.442. The number of hydrogen-bond acceptors (Lipinski definition) is 4. The number of aliphatic hydroxyl groups is 1. The number of carbonyl (C=O) groups excluding carboxylic acids is 1. The van der Waals surface area contributed by atoms with Crippen LogP contribution < -0.4 is 10.7 Å². The number of aliphatic hydroxyl groups excluding tert-OH is 1. The second-order valence-corrected chi connectivity index (χ2v) is 4.33. The van der Waals surface area contributed by atoms with Crippen LogP contribution in [-0.2, 0) is 11.3 Å². The maximum Gasteiger partial charge on any atom is 0.242 e. The van der Waals surface area contributed by atoms with E-state index in [0.717, 1.165) is 0 Å². The van der Waals surface area contributed by atoms with E-state index in [2.05, 4.69) is 10.4 Å². The van der Waals surface area contributed by atoms with Crippen LogP contribution in [0, 0.1) is 0 Å². The van der Waals surface area contributed by atoms with Gasteiger partial charge in [-0.15, -0.1) is 0 Å². The molecule has 2 aromatic rings. The van der Waals surface area contributed by atoms with E-state index in [9.17, 15) is 9.59 Å². The number of nitrogens with one attached hydrogen (secondary N) is 1. The number of para-hydroxylation sites is 1. The van der Waals surface area contributed by atoms with Crippen LogP contribution in [0.4, 0.5) is 0 Å².